The lowest BCUT2D eigenvalue weighted by Crippen LogP contribution is -2.62. The van der Waals surface area contributed by atoms with Crippen molar-refractivity contribution in [3.05, 3.63) is 47.4 Å². The topological polar surface area (TPSA) is 126 Å². The average Bonchev–Trinajstić information content (AvgIpc) is 2.72. The number of piperidine rings is 1. The lowest BCUT2D eigenvalue weighted by Gasteiger charge is -2.55. The zero-order valence-corrected chi connectivity index (χ0v) is 18.8. The van der Waals surface area contributed by atoms with Crippen molar-refractivity contribution in [2.45, 2.75) is 25.9 Å². The summed E-state index contributed by atoms with van der Waals surface area (Å²) in [6, 6.07) is 7.00. The molecular weight excluding hydrogens is 392 g/mol. The van der Waals surface area contributed by atoms with Crippen LogP contribution >= 0.6 is 0 Å². The Kier molecular flexibility index (Phi) is 7.69. The van der Waals surface area contributed by atoms with E-state index in [1.807, 2.05) is 20.0 Å². The first-order valence-corrected chi connectivity index (χ1v) is 11.1. The molecule has 2 saturated heterocycles. The van der Waals surface area contributed by atoms with E-state index in [4.69, 9.17) is 21.9 Å². The molecule has 8 heteroatoms. The molecule has 1 unspecified atom stereocenters. The number of likely N-dealkylation sites (tertiary alicyclic amines) is 2. The van der Waals surface area contributed by atoms with Crippen LogP contribution in [-0.2, 0) is 4.74 Å². The highest BCUT2D eigenvalue weighted by molar-refractivity contribution is 5.69. The summed E-state index contributed by atoms with van der Waals surface area (Å²) in [6.45, 7) is 8.63. The van der Waals surface area contributed by atoms with Gasteiger partial charge >= 0.3 is 0 Å². The van der Waals surface area contributed by atoms with Crippen molar-refractivity contribution in [3.63, 3.8) is 0 Å². The zero-order valence-electron chi connectivity index (χ0n) is 18.8. The molecule has 0 amide bonds. The highest BCUT2D eigenvalue weighted by Gasteiger charge is 2.45. The van der Waals surface area contributed by atoms with Crippen LogP contribution in [0.3, 0.4) is 0 Å². The molecule has 31 heavy (non-hydrogen) atoms. The lowest BCUT2D eigenvalue weighted by molar-refractivity contribution is -0.0690. The third-order valence-electron chi connectivity index (χ3n) is 6.38. The minimum Gasteiger partial charge on any atom is -0.507 e. The van der Waals surface area contributed by atoms with Gasteiger partial charge in [-0.25, -0.2) is 0 Å². The number of allylic oxidation sites excluding steroid dienone is 1. The number of phenols is 1. The van der Waals surface area contributed by atoms with Crippen LogP contribution in [0.1, 0.15) is 25.3 Å². The molecule has 0 saturated carbocycles. The molecule has 2 aliphatic heterocycles. The van der Waals surface area contributed by atoms with Crippen molar-refractivity contribution in [1.82, 2.24) is 15.1 Å². The normalized spacial score (nSPS) is 19.8. The Morgan fingerprint density at radius 3 is 2.48 bits per heavy atom. The van der Waals surface area contributed by atoms with E-state index >= 15 is 0 Å². The zero-order chi connectivity index (χ0) is 22.4. The molecule has 2 aliphatic rings. The number of rotatable bonds is 9. The van der Waals surface area contributed by atoms with E-state index in [0.717, 1.165) is 64.4 Å². The second-order valence-corrected chi connectivity index (χ2v) is 8.75. The number of ether oxygens (including phenoxy) is 1. The number of nitrogens with zero attached hydrogens (tertiary/aromatic N) is 2. The molecule has 2 heterocycles. The number of likely N-dealkylation sites (N-methyl/N-ethyl adjacent to an activating group) is 1. The number of hydrogen-bond acceptors (Lipinski definition) is 8. The van der Waals surface area contributed by atoms with Gasteiger partial charge < -0.3 is 37.3 Å². The largest absolute Gasteiger partial charge is 0.507 e. The number of nitrogens with two attached hydrogens (primary N) is 3. The predicted octanol–water partition coefficient (Wildman–Crippen LogP) is 0.801. The molecule has 2 fully saturated rings. The number of hydrogen-bond donors (Lipinski definition) is 5. The number of benzene rings is 1. The maximum Gasteiger partial charge on any atom is 0.124 e. The van der Waals surface area contributed by atoms with Crippen LogP contribution in [0.15, 0.2) is 41.9 Å². The van der Waals surface area contributed by atoms with Gasteiger partial charge in [0.15, 0.2) is 0 Å². The standard InChI is InChI=1S/C23H38N6O2/c1-3-31-17(13-27-2)14-28-15-23(16-28)8-10-29(11-9-23)20(22(25)26)12-19(24)18-6-4-5-7-21(18)30/h4-7,12,17,27,30H,3,8-11,13-16,24-26H2,1-2H3/b19-12-. The fraction of sp³-hybridized carbons (Fsp3) is 0.565. The molecule has 8 N–H and O–H groups in total. The van der Waals surface area contributed by atoms with Gasteiger partial charge in [-0.3, -0.25) is 4.90 Å². The van der Waals surface area contributed by atoms with Gasteiger partial charge in [-0.2, -0.15) is 0 Å². The molecule has 1 spiro atoms. The Morgan fingerprint density at radius 2 is 1.90 bits per heavy atom. The number of aromatic hydroxyl groups is 1. The van der Waals surface area contributed by atoms with Crippen molar-refractivity contribution < 1.29 is 9.84 Å². The van der Waals surface area contributed by atoms with Crippen molar-refractivity contribution in [3.8, 4) is 5.75 Å². The summed E-state index contributed by atoms with van der Waals surface area (Å²) in [5.41, 5.74) is 20.4. The first-order chi connectivity index (χ1) is 14.9. The molecular formula is C23H38N6O2. The maximum atomic E-state index is 10.1. The van der Waals surface area contributed by atoms with Gasteiger partial charge in [0.1, 0.15) is 11.6 Å². The monoisotopic (exact) mass is 430 g/mol. The lowest BCUT2D eigenvalue weighted by atomic mass is 9.71. The van der Waals surface area contributed by atoms with Crippen LogP contribution in [0.2, 0.25) is 0 Å². The maximum absolute atomic E-state index is 10.1. The molecule has 3 rings (SSSR count). The van der Waals surface area contributed by atoms with Crippen molar-refractivity contribution in [2.24, 2.45) is 22.6 Å². The molecule has 1 aromatic carbocycles. The highest BCUT2D eigenvalue weighted by Crippen LogP contribution is 2.41. The van der Waals surface area contributed by atoms with E-state index < -0.39 is 0 Å². The van der Waals surface area contributed by atoms with Crippen LogP contribution in [-0.4, -0.2) is 73.9 Å². The summed E-state index contributed by atoms with van der Waals surface area (Å²) in [4.78, 5) is 4.71. The second-order valence-electron chi connectivity index (χ2n) is 8.75. The van der Waals surface area contributed by atoms with Gasteiger partial charge in [-0.05, 0) is 50.4 Å². The SMILES string of the molecule is CCOC(CNC)CN1CC2(CCN(C(/C=C(\N)c3ccccc3O)=C(N)N)CC2)C1. The van der Waals surface area contributed by atoms with Crippen LogP contribution in [0.25, 0.3) is 5.70 Å². The van der Waals surface area contributed by atoms with E-state index in [2.05, 4.69) is 15.1 Å². The molecule has 8 nitrogen and oxygen atoms in total. The molecule has 0 radical (unpaired) electrons. The molecule has 0 bridgehead atoms. The van der Waals surface area contributed by atoms with Crippen molar-refractivity contribution in [1.29, 1.82) is 0 Å². The minimum atomic E-state index is 0.141. The van der Waals surface area contributed by atoms with E-state index in [-0.39, 0.29) is 17.7 Å². The fourth-order valence-electron chi connectivity index (χ4n) is 4.80. The number of phenolic OH excluding ortho intramolecular Hbond substituents is 1. The Labute approximate surface area is 185 Å². The third-order valence-corrected chi connectivity index (χ3v) is 6.38. The molecule has 172 valence electrons. The second kappa shape index (κ2) is 10.3. The van der Waals surface area contributed by atoms with Crippen molar-refractivity contribution in [2.75, 3.05) is 52.9 Å². The smallest absolute Gasteiger partial charge is 0.124 e. The van der Waals surface area contributed by atoms with Gasteiger partial charge in [-0.1, -0.05) is 12.1 Å². The summed E-state index contributed by atoms with van der Waals surface area (Å²) in [5, 5.41) is 13.3. The first-order valence-electron chi connectivity index (χ1n) is 11.1. The quantitative estimate of drug-likeness (QED) is 0.364. The molecule has 0 aliphatic carbocycles. The van der Waals surface area contributed by atoms with Crippen molar-refractivity contribution >= 4 is 5.70 Å². The number of para-hydroxylation sites is 1. The minimum absolute atomic E-state index is 0.141. The van der Waals surface area contributed by atoms with Gasteiger partial charge in [0.2, 0.25) is 0 Å². The number of nitrogens with one attached hydrogen (secondary N) is 1. The Bertz CT molecular complexity index is 783. The molecule has 0 aromatic heterocycles. The van der Waals surface area contributed by atoms with Crippen LogP contribution < -0.4 is 22.5 Å². The van der Waals surface area contributed by atoms with Gasteiger partial charge in [0.25, 0.3) is 0 Å². The molecule has 1 atom stereocenters. The van der Waals surface area contributed by atoms with Crippen LogP contribution in [0.4, 0.5) is 0 Å². The van der Waals surface area contributed by atoms with E-state index in [0.29, 0.717) is 16.7 Å². The fourth-order valence-corrected chi connectivity index (χ4v) is 4.80. The Balaban J connectivity index is 1.58. The van der Waals surface area contributed by atoms with Gasteiger partial charge in [0, 0.05) is 57.1 Å². The summed E-state index contributed by atoms with van der Waals surface area (Å²) in [5.74, 6) is 0.387. The predicted molar refractivity (Wildman–Crippen MR) is 125 cm³/mol. The Morgan fingerprint density at radius 1 is 1.23 bits per heavy atom. The highest BCUT2D eigenvalue weighted by atomic mass is 16.5. The van der Waals surface area contributed by atoms with E-state index in [1.165, 1.54) is 0 Å². The van der Waals surface area contributed by atoms with E-state index in [9.17, 15) is 5.11 Å². The van der Waals surface area contributed by atoms with Gasteiger partial charge in [-0.15, -0.1) is 0 Å². The Hall–Kier alpha value is -2.42. The van der Waals surface area contributed by atoms with E-state index in [1.54, 1.807) is 24.3 Å². The van der Waals surface area contributed by atoms with Crippen LogP contribution in [0.5, 0.6) is 5.75 Å². The molecule has 1 aromatic rings. The summed E-state index contributed by atoms with van der Waals surface area (Å²) in [6.07, 6.45) is 4.20. The average molecular weight is 431 g/mol. The van der Waals surface area contributed by atoms with Crippen LogP contribution in [0, 0.1) is 5.41 Å². The summed E-state index contributed by atoms with van der Waals surface area (Å²) >= 11 is 0. The summed E-state index contributed by atoms with van der Waals surface area (Å²) < 4.78 is 5.84. The summed E-state index contributed by atoms with van der Waals surface area (Å²) in [7, 11) is 1.97. The first kappa shape index (κ1) is 23.2. The van der Waals surface area contributed by atoms with Gasteiger partial charge in [0.05, 0.1) is 11.8 Å². The third kappa shape index (κ3) is 5.64.